The zero-order valence-corrected chi connectivity index (χ0v) is 13.7. The van der Waals surface area contributed by atoms with E-state index in [9.17, 15) is 0 Å². The average Bonchev–Trinajstić information content (AvgIpc) is 2.34. The Labute approximate surface area is 127 Å². The molecule has 0 amide bonds. The summed E-state index contributed by atoms with van der Waals surface area (Å²) in [5, 5.41) is 0.588. The lowest BCUT2D eigenvalue weighted by molar-refractivity contribution is 0.280. The van der Waals surface area contributed by atoms with Crippen molar-refractivity contribution in [2.75, 3.05) is 13.7 Å². The van der Waals surface area contributed by atoms with E-state index in [4.69, 9.17) is 26.8 Å². The molecule has 3 nitrogen and oxygen atoms in total. The van der Waals surface area contributed by atoms with Crippen molar-refractivity contribution >= 4 is 11.6 Å². The van der Waals surface area contributed by atoms with Crippen LogP contribution in [-0.2, 0) is 6.42 Å². The Hall–Kier alpha value is -0.930. The summed E-state index contributed by atoms with van der Waals surface area (Å²) in [4.78, 5) is 0. The van der Waals surface area contributed by atoms with Crippen LogP contribution in [0.4, 0.5) is 0 Å². The van der Waals surface area contributed by atoms with Gasteiger partial charge < -0.3 is 15.2 Å². The zero-order valence-electron chi connectivity index (χ0n) is 12.9. The first-order chi connectivity index (χ1) is 9.43. The van der Waals surface area contributed by atoms with Gasteiger partial charge in [-0.15, -0.1) is 0 Å². The van der Waals surface area contributed by atoms with Gasteiger partial charge >= 0.3 is 0 Å². The van der Waals surface area contributed by atoms with E-state index in [1.165, 1.54) is 0 Å². The molecular weight excluding hydrogens is 274 g/mol. The SMILES string of the molecule is COc1cc(CC(C)N)cc(Cl)c1OCCCC(C)C. The maximum Gasteiger partial charge on any atom is 0.179 e. The van der Waals surface area contributed by atoms with Crippen molar-refractivity contribution < 1.29 is 9.47 Å². The summed E-state index contributed by atoms with van der Waals surface area (Å²) >= 11 is 6.29. The molecule has 0 aliphatic carbocycles. The van der Waals surface area contributed by atoms with Crippen molar-refractivity contribution in [2.24, 2.45) is 11.7 Å². The van der Waals surface area contributed by atoms with Crippen LogP contribution in [0.1, 0.15) is 39.2 Å². The lowest BCUT2D eigenvalue weighted by atomic mass is 10.1. The largest absolute Gasteiger partial charge is 0.493 e. The number of rotatable bonds is 8. The molecule has 1 unspecified atom stereocenters. The second-order valence-corrected chi connectivity index (χ2v) is 6.08. The van der Waals surface area contributed by atoms with Crippen LogP contribution in [-0.4, -0.2) is 19.8 Å². The van der Waals surface area contributed by atoms with E-state index >= 15 is 0 Å². The van der Waals surface area contributed by atoms with E-state index in [-0.39, 0.29) is 6.04 Å². The Morgan fingerprint density at radius 1 is 1.25 bits per heavy atom. The van der Waals surface area contributed by atoms with Crippen molar-refractivity contribution in [3.8, 4) is 11.5 Å². The fourth-order valence-corrected chi connectivity index (χ4v) is 2.36. The number of methoxy groups -OCH3 is 1. The van der Waals surface area contributed by atoms with Gasteiger partial charge in [-0.05, 0) is 49.8 Å². The van der Waals surface area contributed by atoms with Gasteiger partial charge in [0.15, 0.2) is 11.5 Å². The second kappa shape index (κ2) is 8.38. The fourth-order valence-electron chi connectivity index (χ4n) is 2.07. The molecule has 0 radical (unpaired) electrons. The van der Waals surface area contributed by atoms with E-state index in [1.54, 1.807) is 7.11 Å². The van der Waals surface area contributed by atoms with Crippen LogP contribution in [0.2, 0.25) is 5.02 Å². The number of nitrogens with two attached hydrogens (primary N) is 1. The molecule has 114 valence electrons. The number of hydrogen-bond donors (Lipinski definition) is 1. The molecule has 0 fully saturated rings. The molecule has 0 bridgehead atoms. The molecular formula is C16H26ClNO2. The molecule has 1 aromatic carbocycles. The summed E-state index contributed by atoms with van der Waals surface area (Å²) in [6.07, 6.45) is 2.92. The van der Waals surface area contributed by atoms with Gasteiger partial charge in [-0.25, -0.2) is 0 Å². The van der Waals surface area contributed by atoms with E-state index in [0.717, 1.165) is 24.8 Å². The zero-order chi connectivity index (χ0) is 15.1. The van der Waals surface area contributed by atoms with Crippen LogP contribution in [0.25, 0.3) is 0 Å². The van der Waals surface area contributed by atoms with Gasteiger partial charge in [-0.3, -0.25) is 0 Å². The number of benzene rings is 1. The maximum absolute atomic E-state index is 6.29. The Morgan fingerprint density at radius 3 is 2.50 bits per heavy atom. The molecule has 0 aromatic heterocycles. The standard InChI is InChI=1S/C16H26ClNO2/c1-11(2)6-5-7-20-16-14(17)9-13(8-12(3)18)10-15(16)19-4/h9-12H,5-8,18H2,1-4H3. The minimum absolute atomic E-state index is 0.0913. The van der Waals surface area contributed by atoms with E-state index < -0.39 is 0 Å². The van der Waals surface area contributed by atoms with E-state index in [0.29, 0.717) is 29.0 Å². The first-order valence-corrected chi connectivity index (χ1v) is 7.56. The molecule has 0 aliphatic heterocycles. The third kappa shape index (κ3) is 5.59. The van der Waals surface area contributed by atoms with Crippen LogP contribution in [0.15, 0.2) is 12.1 Å². The molecule has 20 heavy (non-hydrogen) atoms. The smallest absolute Gasteiger partial charge is 0.179 e. The second-order valence-electron chi connectivity index (χ2n) is 5.67. The topological polar surface area (TPSA) is 44.5 Å². The minimum Gasteiger partial charge on any atom is -0.493 e. The summed E-state index contributed by atoms with van der Waals surface area (Å²) in [7, 11) is 1.63. The number of ether oxygens (including phenoxy) is 2. The predicted molar refractivity (Wildman–Crippen MR) is 84.9 cm³/mol. The Morgan fingerprint density at radius 2 is 1.95 bits per heavy atom. The molecule has 2 N–H and O–H groups in total. The summed E-state index contributed by atoms with van der Waals surface area (Å²) in [5.41, 5.74) is 6.88. The van der Waals surface area contributed by atoms with Crippen molar-refractivity contribution in [1.82, 2.24) is 0 Å². The molecule has 1 rings (SSSR count). The van der Waals surface area contributed by atoms with E-state index in [1.807, 2.05) is 19.1 Å². The first kappa shape index (κ1) is 17.1. The predicted octanol–water partition coefficient (Wildman–Crippen LogP) is 4.05. The van der Waals surface area contributed by atoms with Crippen molar-refractivity contribution in [3.63, 3.8) is 0 Å². The molecule has 1 aromatic rings. The van der Waals surface area contributed by atoms with Crippen molar-refractivity contribution in [2.45, 2.75) is 46.1 Å². The Kier molecular flexibility index (Phi) is 7.17. The number of halogens is 1. The highest BCUT2D eigenvalue weighted by atomic mass is 35.5. The summed E-state index contributed by atoms with van der Waals surface area (Å²) in [6, 6.07) is 3.95. The molecule has 0 saturated carbocycles. The molecule has 0 heterocycles. The Bertz CT molecular complexity index is 419. The molecule has 0 saturated heterocycles. The van der Waals surface area contributed by atoms with Gasteiger partial charge in [0.2, 0.25) is 0 Å². The lowest BCUT2D eigenvalue weighted by Crippen LogP contribution is -2.17. The highest BCUT2D eigenvalue weighted by Gasteiger charge is 2.13. The van der Waals surface area contributed by atoms with Crippen molar-refractivity contribution in [3.05, 3.63) is 22.7 Å². The van der Waals surface area contributed by atoms with Crippen molar-refractivity contribution in [1.29, 1.82) is 0 Å². The fraction of sp³-hybridized carbons (Fsp3) is 0.625. The Balaban J connectivity index is 2.74. The number of hydrogen-bond acceptors (Lipinski definition) is 3. The van der Waals surface area contributed by atoms with Gasteiger partial charge in [0.05, 0.1) is 18.7 Å². The highest BCUT2D eigenvalue weighted by Crippen LogP contribution is 2.36. The quantitative estimate of drug-likeness (QED) is 0.736. The van der Waals surface area contributed by atoms with Crippen LogP contribution in [0.3, 0.4) is 0 Å². The normalized spacial score (nSPS) is 12.6. The minimum atomic E-state index is 0.0913. The van der Waals surface area contributed by atoms with Crippen LogP contribution >= 0.6 is 11.6 Å². The molecule has 0 spiro atoms. The lowest BCUT2D eigenvalue weighted by Gasteiger charge is -2.15. The van der Waals surface area contributed by atoms with Gasteiger partial charge in [0.1, 0.15) is 0 Å². The molecule has 4 heteroatoms. The summed E-state index contributed by atoms with van der Waals surface area (Å²) < 4.78 is 11.2. The third-order valence-corrected chi connectivity index (χ3v) is 3.30. The highest BCUT2D eigenvalue weighted by molar-refractivity contribution is 6.32. The third-order valence-electron chi connectivity index (χ3n) is 3.02. The monoisotopic (exact) mass is 299 g/mol. The maximum atomic E-state index is 6.29. The van der Waals surface area contributed by atoms with E-state index in [2.05, 4.69) is 13.8 Å². The van der Waals surface area contributed by atoms with Crippen LogP contribution < -0.4 is 15.2 Å². The summed E-state index contributed by atoms with van der Waals surface area (Å²) in [6.45, 7) is 7.03. The average molecular weight is 300 g/mol. The van der Waals surface area contributed by atoms with Crippen LogP contribution in [0.5, 0.6) is 11.5 Å². The van der Waals surface area contributed by atoms with Crippen LogP contribution in [0, 0.1) is 5.92 Å². The van der Waals surface area contributed by atoms with Gasteiger partial charge in [-0.1, -0.05) is 25.4 Å². The molecule has 1 atom stereocenters. The van der Waals surface area contributed by atoms with Gasteiger partial charge in [-0.2, -0.15) is 0 Å². The van der Waals surface area contributed by atoms with Gasteiger partial charge in [0, 0.05) is 6.04 Å². The first-order valence-electron chi connectivity index (χ1n) is 7.18. The van der Waals surface area contributed by atoms with Gasteiger partial charge in [0.25, 0.3) is 0 Å². The summed E-state index contributed by atoms with van der Waals surface area (Å²) in [5.74, 6) is 1.99. The molecule has 0 aliphatic rings.